The Bertz CT molecular complexity index is 289. The first-order valence-corrected chi connectivity index (χ1v) is 5.53. The summed E-state index contributed by atoms with van der Waals surface area (Å²) in [5.41, 5.74) is 1.16. The van der Waals surface area contributed by atoms with Crippen LogP contribution in [0.4, 0.5) is 0 Å². The van der Waals surface area contributed by atoms with Gasteiger partial charge in [-0.15, -0.1) is 0 Å². The van der Waals surface area contributed by atoms with Crippen LogP contribution in [0.1, 0.15) is 18.4 Å². The van der Waals surface area contributed by atoms with Gasteiger partial charge < -0.3 is 9.64 Å². The smallest absolute Gasteiger partial charge is 0.0736 e. The van der Waals surface area contributed by atoms with E-state index in [0.717, 1.165) is 12.1 Å². The fraction of sp³-hybridized carbons (Fsp3) is 0.583. The van der Waals surface area contributed by atoms with Gasteiger partial charge in [0.1, 0.15) is 0 Å². The van der Waals surface area contributed by atoms with Crippen molar-refractivity contribution in [1.82, 2.24) is 9.88 Å². The first kappa shape index (κ1) is 10.6. The largest absolute Gasteiger partial charge is 0.372 e. The molecule has 0 aliphatic carbocycles. The van der Waals surface area contributed by atoms with Gasteiger partial charge in [0.15, 0.2) is 0 Å². The minimum atomic E-state index is 0.393. The molecule has 1 aliphatic rings. The van der Waals surface area contributed by atoms with E-state index in [2.05, 4.69) is 23.0 Å². The number of nitrogens with zero attached hydrogens (tertiary/aromatic N) is 2. The van der Waals surface area contributed by atoms with E-state index in [4.69, 9.17) is 4.74 Å². The van der Waals surface area contributed by atoms with E-state index in [9.17, 15) is 0 Å². The molecule has 15 heavy (non-hydrogen) atoms. The van der Waals surface area contributed by atoms with Gasteiger partial charge in [0.2, 0.25) is 0 Å². The highest BCUT2D eigenvalue weighted by molar-refractivity contribution is 5.06. The third-order valence-electron chi connectivity index (χ3n) is 2.79. The van der Waals surface area contributed by atoms with Crippen LogP contribution in [0.3, 0.4) is 0 Å². The van der Waals surface area contributed by atoms with Crippen molar-refractivity contribution in [3.8, 4) is 0 Å². The van der Waals surface area contributed by atoms with Gasteiger partial charge in [0.25, 0.3) is 0 Å². The lowest BCUT2D eigenvalue weighted by molar-refractivity contribution is -0.00365. The molecule has 1 aliphatic heterocycles. The molecule has 0 bridgehead atoms. The molecule has 3 heteroatoms. The molecule has 0 spiro atoms. The zero-order valence-electron chi connectivity index (χ0n) is 9.22. The summed E-state index contributed by atoms with van der Waals surface area (Å²) in [4.78, 5) is 6.40. The van der Waals surface area contributed by atoms with Crippen molar-refractivity contribution in [2.45, 2.75) is 25.6 Å². The van der Waals surface area contributed by atoms with E-state index in [1.54, 1.807) is 6.20 Å². The van der Waals surface area contributed by atoms with Crippen LogP contribution < -0.4 is 0 Å². The number of ether oxygens (including phenoxy) is 1. The number of piperidine rings is 1. The summed E-state index contributed by atoms with van der Waals surface area (Å²) in [5.74, 6) is 0. The SMILES string of the molecule is CN1CCCC(OCc2cccnc2)C1. The molecule has 0 aromatic carbocycles. The predicted molar refractivity (Wildman–Crippen MR) is 59.5 cm³/mol. The zero-order valence-corrected chi connectivity index (χ0v) is 9.22. The second-order valence-electron chi connectivity index (χ2n) is 4.20. The lowest BCUT2D eigenvalue weighted by Gasteiger charge is -2.29. The van der Waals surface area contributed by atoms with Crippen molar-refractivity contribution >= 4 is 0 Å². The third-order valence-corrected chi connectivity index (χ3v) is 2.79. The Kier molecular flexibility index (Phi) is 3.69. The molecule has 2 heterocycles. The summed E-state index contributed by atoms with van der Waals surface area (Å²) in [7, 11) is 2.15. The van der Waals surface area contributed by atoms with E-state index in [0.29, 0.717) is 12.7 Å². The van der Waals surface area contributed by atoms with Crippen LogP contribution in [-0.2, 0) is 11.3 Å². The summed E-state index contributed by atoms with van der Waals surface area (Å²) in [6.07, 6.45) is 6.48. The summed E-state index contributed by atoms with van der Waals surface area (Å²) >= 11 is 0. The fourth-order valence-electron chi connectivity index (χ4n) is 1.95. The standard InChI is InChI=1S/C12H18N2O/c1-14-7-3-5-12(9-14)15-10-11-4-2-6-13-8-11/h2,4,6,8,12H,3,5,7,9-10H2,1H3. The van der Waals surface area contributed by atoms with Crippen molar-refractivity contribution in [1.29, 1.82) is 0 Å². The molecule has 1 saturated heterocycles. The number of aromatic nitrogens is 1. The van der Waals surface area contributed by atoms with E-state index in [-0.39, 0.29) is 0 Å². The van der Waals surface area contributed by atoms with Gasteiger partial charge in [0, 0.05) is 18.9 Å². The van der Waals surface area contributed by atoms with Gasteiger partial charge in [-0.25, -0.2) is 0 Å². The molecule has 1 aromatic heterocycles. The van der Waals surface area contributed by atoms with Crippen LogP contribution in [0.25, 0.3) is 0 Å². The molecular formula is C12H18N2O. The molecule has 0 saturated carbocycles. The van der Waals surface area contributed by atoms with Crippen LogP contribution in [0.15, 0.2) is 24.5 Å². The van der Waals surface area contributed by atoms with Crippen molar-refractivity contribution in [3.05, 3.63) is 30.1 Å². The Morgan fingerprint density at radius 3 is 3.27 bits per heavy atom. The zero-order chi connectivity index (χ0) is 10.5. The molecule has 0 amide bonds. The number of pyridine rings is 1. The maximum atomic E-state index is 5.86. The normalized spacial score (nSPS) is 22.9. The molecule has 1 aromatic rings. The Morgan fingerprint density at radius 2 is 2.53 bits per heavy atom. The van der Waals surface area contributed by atoms with Gasteiger partial charge in [-0.3, -0.25) is 4.98 Å². The molecule has 0 N–H and O–H groups in total. The quantitative estimate of drug-likeness (QED) is 0.752. The van der Waals surface area contributed by atoms with Crippen molar-refractivity contribution < 1.29 is 4.74 Å². The van der Waals surface area contributed by atoms with E-state index >= 15 is 0 Å². The Morgan fingerprint density at radius 1 is 1.60 bits per heavy atom. The van der Waals surface area contributed by atoms with Gasteiger partial charge in [0.05, 0.1) is 12.7 Å². The average molecular weight is 206 g/mol. The Hall–Kier alpha value is -0.930. The van der Waals surface area contributed by atoms with Crippen molar-refractivity contribution in [2.24, 2.45) is 0 Å². The number of likely N-dealkylation sites (N-methyl/N-ethyl adjacent to an activating group) is 1. The topological polar surface area (TPSA) is 25.4 Å². The summed E-state index contributed by atoms with van der Waals surface area (Å²) in [5, 5.41) is 0. The van der Waals surface area contributed by atoms with E-state index in [1.165, 1.54) is 19.4 Å². The number of hydrogen-bond donors (Lipinski definition) is 0. The number of likely N-dealkylation sites (tertiary alicyclic amines) is 1. The molecule has 1 fully saturated rings. The van der Waals surface area contributed by atoms with Gasteiger partial charge in [-0.1, -0.05) is 6.07 Å². The monoisotopic (exact) mass is 206 g/mol. The van der Waals surface area contributed by atoms with Crippen molar-refractivity contribution in [3.63, 3.8) is 0 Å². The second kappa shape index (κ2) is 5.24. The van der Waals surface area contributed by atoms with Gasteiger partial charge in [-0.2, -0.15) is 0 Å². The summed E-state index contributed by atoms with van der Waals surface area (Å²) in [6, 6.07) is 4.01. The highest BCUT2D eigenvalue weighted by Gasteiger charge is 2.17. The average Bonchev–Trinajstić information content (AvgIpc) is 2.28. The molecular weight excluding hydrogens is 188 g/mol. The predicted octanol–water partition coefficient (Wildman–Crippen LogP) is 1.69. The first-order chi connectivity index (χ1) is 7.34. The summed E-state index contributed by atoms with van der Waals surface area (Å²) < 4.78 is 5.86. The minimum absolute atomic E-state index is 0.393. The second-order valence-corrected chi connectivity index (χ2v) is 4.20. The first-order valence-electron chi connectivity index (χ1n) is 5.53. The van der Waals surface area contributed by atoms with Gasteiger partial charge in [-0.05, 0) is 38.1 Å². The number of hydrogen-bond acceptors (Lipinski definition) is 3. The lowest BCUT2D eigenvalue weighted by atomic mass is 10.1. The van der Waals surface area contributed by atoms with Crippen molar-refractivity contribution in [2.75, 3.05) is 20.1 Å². The molecule has 2 rings (SSSR count). The lowest BCUT2D eigenvalue weighted by Crippen LogP contribution is -2.36. The Balaban J connectivity index is 1.78. The maximum absolute atomic E-state index is 5.86. The minimum Gasteiger partial charge on any atom is -0.372 e. The van der Waals surface area contributed by atoms with Crippen LogP contribution >= 0.6 is 0 Å². The summed E-state index contributed by atoms with van der Waals surface area (Å²) in [6.45, 7) is 2.94. The Labute approximate surface area is 91.1 Å². The van der Waals surface area contributed by atoms with Crippen LogP contribution in [0.2, 0.25) is 0 Å². The molecule has 0 radical (unpaired) electrons. The molecule has 1 atom stereocenters. The van der Waals surface area contributed by atoms with Gasteiger partial charge >= 0.3 is 0 Å². The maximum Gasteiger partial charge on any atom is 0.0736 e. The highest BCUT2D eigenvalue weighted by Crippen LogP contribution is 2.13. The van der Waals surface area contributed by atoms with E-state index < -0.39 is 0 Å². The third kappa shape index (κ3) is 3.29. The van der Waals surface area contributed by atoms with Crippen LogP contribution in [0, 0.1) is 0 Å². The molecule has 1 unspecified atom stereocenters. The molecule has 3 nitrogen and oxygen atoms in total. The van der Waals surface area contributed by atoms with Crippen LogP contribution in [0.5, 0.6) is 0 Å². The number of rotatable bonds is 3. The van der Waals surface area contributed by atoms with E-state index in [1.807, 2.05) is 12.3 Å². The molecule has 82 valence electrons. The van der Waals surface area contributed by atoms with Crippen LogP contribution in [-0.4, -0.2) is 36.1 Å². The highest BCUT2D eigenvalue weighted by atomic mass is 16.5. The fourth-order valence-corrected chi connectivity index (χ4v) is 1.95.